The molecule has 3 fully saturated rings. The molecule has 4 rings (SSSR count). The number of nitrogens with one attached hydrogen (secondary N) is 1. The van der Waals surface area contributed by atoms with Crippen LogP contribution >= 0.6 is 12.2 Å². The molecule has 3 aliphatic rings. The summed E-state index contributed by atoms with van der Waals surface area (Å²) in [6, 6.07) is 8.98. The Balaban J connectivity index is 1.31. The molecule has 2 aliphatic carbocycles. The van der Waals surface area contributed by atoms with Crippen LogP contribution < -0.4 is 15.0 Å². The number of fused-ring (bicyclic) bond motifs is 2. The Hall–Kier alpha value is -1.49. The van der Waals surface area contributed by atoms with Crippen LogP contribution in [0.1, 0.15) is 32.6 Å². The van der Waals surface area contributed by atoms with Gasteiger partial charge in [-0.15, -0.1) is 0 Å². The van der Waals surface area contributed by atoms with Gasteiger partial charge in [-0.05, 0) is 62.4 Å². The van der Waals surface area contributed by atoms with Crippen LogP contribution in [0.3, 0.4) is 0 Å². The van der Waals surface area contributed by atoms with E-state index in [-0.39, 0.29) is 0 Å². The topological polar surface area (TPSA) is 27.7 Å². The fourth-order valence-electron chi connectivity index (χ4n) is 4.82. The predicted octanol–water partition coefficient (Wildman–Crippen LogP) is 3.27. The smallest absolute Gasteiger partial charge is 0.169 e. The lowest BCUT2D eigenvalue weighted by Crippen LogP contribution is -2.54. The first-order chi connectivity index (χ1) is 12.2. The summed E-state index contributed by atoms with van der Waals surface area (Å²) in [5, 5.41) is 4.65. The Morgan fingerprint density at radius 2 is 1.96 bits per heavy atom. The van der Waals surface area contributed by atoms with Crippen LogP contribution in [0.4, 0.5) is 5.69 Å². The summed E-state index contributed by atoms with van der Waals surface area (Å²) < 4.78 is 5.79. The van der Waals surface area contributed by atoms with Crippen molar-refractivity contribution in [3.63, 3.8) is 0 Å². The van der Waals surface area contributed by atoms with Gasteiger partial charge in [0.15, 0.2) is 5.11 Å². The van der Waals surface area contributed by atoms with E-state index in [0.717, 1.165) is 48.9 Å². The normalized spacial score (nSPS) is 28.3. The van der Waals surface area contributed by atoms with Crippen LogP contribution in [0.15, 0.2) is 24.3 Å². The third-order valence-electron chi connectivity index (χ3n) is 6.12. The van der Waals surface area contributed by atoms with E-state index in [9.17, 15) is 0 Å². The van der Waals surface area contributed by atoms with Crippen LogP contribution in [-0.4, -0.2) is 48.8 Å². The molecule has 0 spiro atoms. The summed E-state index contributed by atoms with van der Waals surface area (Å²) in [5.74, 6) is 2.81. The number of para-hydroxylation sites is 2. The zero-order valence-corrected chi connectivity index (χ0v) is 15.9. The van der Waals surface area contributed by atoms with Gasteiger partial charge in [0.25, 0.3) is 0 Å². The molecule has 3 unspecified atom stereocenters. The molecule has 4 nitrogen and oxygen atoms in total. The average molecular weight is 360 g/mol. The molecule has 0 amide bonds. The maximum atomic E-state index is 5.79. The second-order valence-electron chi connectivity index (χ2n) is 7.61. The highest BCUT2D eigenvalue weighted by atomic mass is 32.1. The van der Waals surface area contributed by atoms with E-state index in [2.05, 4.69) is 33.3 Å². The zero-order valence-electron chi connectivity index (χ0n) is 15.1. The summed E-state index contributed by atoms with van der Waals surface area (Å²) >= 11 is 5.72. The van der Waals surface area contributed by atoms with Gasteiger partial charge in [-0.1, -0.05) is 18.6 Å². The van der Waals surface area contributed by atoms with Crippen molar-refractivity contribution in [2.75, 3.05) is 37.7 Å². The highest BCUT2D eigenvalue weighted by Crippen LogP contribution is 2.44. The van der Waals surface area contributed by atoms with Crippen LogP contribution in [0.25, 0.3) is 0 Å². The van der Waals surface area contributed by atoms with E-state index >= 15 is 0 Å². The van der Waals surface area contributed by atoms with Crippen molar-refractivity contribution in [2.24, 2.45) is 11.8 Å². The van der Waals surface area contributed by atoms with Gasteiger partial charge in [-0.2, -0.15) is 0 Å². The highest BCUT2D eigenvalue weighted by Gasteiger charge is 2.40. The Kier molecular flexibility index (Phi) is 5.02. The number of hydrogen-bond acceptors (Lipinski definition) is 3. The monoisotopic (exact) mass is 359 g/mol. The quantitative estimate of drug-likeness (QED) is 0.833. The number of ether oxygens (including phenoxy) is 1. The van der Waals surface area contributed by atoms with Crippen LogP contribution in [0, 0.1) is 11.8 Å². The van der Waals surface area contributed by atoms with E-state index < -0.39 is 0 Å². The first-order valence-corrected chi connectivity index (χ1v) is 10.2. The molecule has 2 bridgehead atoms. The van der Waals surface area contributed by atoms with Gasteiger partial charge in [-0.3, -0.25) is 0 Å². The van der Waals surface area contributed by atoms with Crippen molar-refractivity contribution in [1.82, 2.24) is 10.2 Å². The van der Waals surface area contributed by atoms with Gasteiger partial charge in [-0.25, -0.2) is 0 Å². The minimum Gasteiger partial charge on any atom is -0.492 e. The number of piperazine rings is 1. The number of hydrogen-bond donors (Lipinski definition) is 1. The van der Waals surface area contributed by atoms with Crippen molar-refractivity contribution < 1.29 is 4.74 Å². The molecular weight excluding hydrogens is 330 g/mol. The summed E-state index contributed by atoms with van der Waals surface area (Å²) in [7, 11) is 0. The largest absolute Gasteiger partial charge is 0.492 e. The first kappa shape index (κ1) is 17.0. The van der Waals surface area contributed by atoms with Crippen LogP contribution in [-0.2, 0) is 0 Å². The molecular formula is C20H29N3OS. The summed E-state index contributed by atoms with van der Waals surface area (Å²) in [6.07, 6.45) is 5.58. The number of rotatable bonds is 4. The van der Waals surface area contributed by atoms with E-state index in [4.69, 9.17) is 17.0 Å². The van der Waals surface area contributed by atoms with Crippen molar-refractivity contribution in [2.45, 2.75) is 38.6 Å². The molecule has 1 N–H and O–H groups in total. The summed E-state index contributed by atoms with van der Waals surface area (Å²) in [5.41, 5.74) is 1.20. The fourth-order valence-corrected chi connectivity index (χ4v) is 5.15. The van der Waals surface area contributed by atoms with Gasteiger partial charge in [0.05, 0.1) is 12.3 Å². The van der Waals surface area contributed by atoms with Crippen molar-refractivity contribution in [3.05, 3.63) is 24.3 Å². The van der Waals surface area contributed by atoms with Gasteiger partial charge in [0.2, 0.25) is 0 Å². The van der Waals surface area contributed by atoms with Crippen LogP contribution in [0.5, 0.6) is 5.75 Å². The standard InChI is InChI=1S/C20H29N3OS/c1-2-24-19-6-4-3-5-18(19)22-9-11-23(12-10-22)20(25)21-17-14-15-7-8-16(17)13-15/h3-6,15-17H,2,7-14H2,1H3,(H,21,25). The minimum atomic E-state index is 0.628. The summed E-state index contributed by atoms with van der Waals surface area (Å²) in [6.45, 7) is 6.68. The first-order valence-electron chi connectivity index (χ1n) is 9.77. The number of thiocarbonyl (C=S) groups is 1. The maximum absolute atomic E-state index is 5.79. The molecule has 3 atom stereocenters. The average Bonchev–Trinajstić information content (AvgIpc) is 3.26. The molecule has 5 heteroatoms. The van der Waals surface area contributed by atoms with Gasteiger partial charge >= 0.3 is 0 Å². The molecule has 1 aromatic rings. The molecule has 25 heavy (non-hydrogen) atoms. The molecule has 1 aliphatic heterocycles. The third kappa shape index (κ3) is 3.57. The van der Waals surface area contributed by atoms with Gasteiger partial charge < -0.3 is 19.9 Å². The van der Waals surface area contributed by atoms with E-state index in [0.29, 0.717) is 12.6 Å². The van der Waals surface area contributed by atoms with Crippen molar-refractivity contribution in [3.8, 4) is 5.75 Å². The van der Waals surface area contributed by atoms with E-state index in [1.165, 1.54) is 31.4 Å². The van der Waals surface area contributed by atoms with E-state index in [1.807, 2.05) is 13.0 Å². The van der Waals surface area contributed by atoms with Gasteiger partial charge in [0.1, 0.15) is 5.75 Å². The SMILES string of the molecule is CCOc1ccccc1N1CCN(C(=S)NC2CC3CCC2C3)CC1. The second kappa shape index (κ2) is 7.40. The molecule has 136 valence electrons. The second-order valence-corrected chi connectivity index (χ2v) is 7.99. The molecule has 1 saturated heterocycles. The Morgan fingerprint density at radius 1 is 1.16 bits per heavy atom. The third-order valence-corrected chi connectivity index (χ3v) is 6.50. The van der Waals surface area contributed by atoms with Crippen molar-refractivity contribution >= 4 is 23.0 Å². The number of benzene rings is 1. The minimum absolute atomic E-state index is 0.628. The Bertz CT molecular complexity index is 615. The Labute approximate surface area is 156 Å². The van der Waals surface area contributed by atoms with Crippen LogP contribution in [0.2, 0.25) is 0 Å². The molecule has 2 saturated carbocycles. The van der Waals surface area contributed by atoms with E-state index in [1.54, 1.807) is 0 Å². The fraction of sp³-hybridized carbons (Fsp3) is 0.650. The lowest BCUT2D eigenvalue weighted by Gasteiger charge is -2.39. The molecule has 0 aromatic heterocycles. The lowest BCUT2D eigenvalue weighted by atomic mass is 9.95. The van der Waals surface area contributed by atoms with Gasteiger partial charge in [0, 0.05) is 32.2 Å². The lowest BCUT2D eigenvalue weighted by molar-refractivity contribution is 0.331. The molecule has 1 heterocycles. The summed E-state index contributed by atoms with van der Waals surface area (Å²) in [4.78, 5) is 4.77. The van der Waals surface area contributed by atoms with Crippen molar-refractivity contribution in [1.29, 1.82) is 0 Å². The maximum Gasteiger partial charge on any atom is 0.169 e. The highest BCUT2D eigenvalue weighted by molar-refractivity contribution is 7.80. The predicted molar refractivity (Wildman–Crippen MR) is 106 cm³/mol. The molecule has 1 aromatic carbocycles. The number of nitrogens with zero attached hydrogens (tertiary/aromatic N) is 2. The number of anilines is 1. The zero-order chi connectivity index (χ0) is 17.2. The Morgan fingerprint density at radius 3 is 2.64 bits per heavy atom. The molecule has 0 radical (unpaired) electrons.